The van der Waals surface area contributed by atoms with Gasteiger partial charge in [-0.15, -0.1) is 0 Å². The second-order valence-corrected chi connectivity index (χ2v) is 11.1. The Labute approximate surface area is 201 Å². The maximum Gasteiger partial charge on any atom is 0.261 e. The number of rotatable bonds is 10. The zero-order chi connectivity index (χ0) is 24.9. The Hall–Kier alpha value is -3.24. The second-order valence-electron chi connectivity index (χ2n) is 7.75. The molecular formula is C24H28N2O6S2. The summed E-state index contributed by atoms with van der Waals surface area (Å²) in [5.74, 6) is 1.32. The Morgan fingerprint density at radius 3 is 1.76 bits per heavy atom. The van der Waals surface area contributed by atoms with E-state index in [1.807, 2.05) is 20.8 Å². The van der Waals surface area contributed by atoms with Crippen LogP contribution < -0.4 is 18.9 Å². The highest BCUT2D eigenvalue weighted by Crippen LogP contribution is 2.30. The van der Waals surface area contributed by atoms with Gasteiger partial charge in [-0.1, -0.05) is 13.8 Å². The lowest BCUT2D eigenvalue weighted by molar-refractivity contribution is 0.340. The fourth-order valence-electron chi connectivity index (χ4n) is 3.25. The Bertz CT molecular complexity index is 1340. The SMILES string of the molecule is CCOc1ccc(NS(=O)(=O)c2ccc(NS(=O)(=O)c3ccc(OC)c(C(C)C)c3)cc2)cc1. The number of anilines is 2. The van der Waals surface area contributed by atoms with Gasteiger partial charge in [-0.25, -0.2) is 16.8 Å². The lowest BCUT2D eigenvalue weighted by atomic mass is 10.0. The number of methoxy groups -OCH3 is 1. The molecule has 0 radical (unpaired) electrons. The Morgan fingerprint density at radius 1 is 0.765 bits per heavy atom. The van der Waals surface area contributed by atoms with Crippen molar-refractivity contribution in [2.75, 3.05) is 23.2 Å². The number of benzene rings is 3. The number of hydrogen-bond acceptors (Lipinski definition) is 6. The molecule has 0 fully saturated rings. The molecule has 34 heavy (non-hydrogen) atoms. The molecule has 0 atom stereocenters. The maximum atomic E-state index is 12.9. The Kier molecular flexibility index (Phi) is 7.73. The van der Waals surface area contributed by atoms with Crippen molar-refractivity contribution in [2.45, 2.75) is 36.5 Å². The van der Waals surface area contributed by atoms with Crippen LogP contribution in [0.4, 0.5) is 11.4 Å². The van der Waals surface area contributed by atoms with Gasteiger partial charge in [0.1, 0.15) is 11.5 Å². The van der Waals surface area contributed by atoms with Gasteiger partial charge in [0.2, 0.25) is 0 Å². The van der Waals surface area contributed by atoms with E-state index < -0.39 is 20.0 Å². The minimum atomic E-state index is -3.88. The lowest BCUT2D eigenvalue weighted by Gasteiger charge is -2.15. The summed E-state index contributed by atoms with van der Waals surface area (Å²) in [5.41, 5.74) is 1.39. The molecule has 0 aliphatic carbocycles. The molecule has 3 aromatic carbocycles. The molecule has 0 bridgehead atoms. The normalized spacial score (nSPS) is 11.8. The third-order valence-electron chi connectivity index (χ3n) is 4.97. The summed E-state index contributed by atoms with van der Waals surface area (Å²) in [7, 11) is -6.20. The van der Waals surface area contributed by atoms with Crippen molar-refractivity contribution in [3.63, 3.8) is 0 Å². The molecule has 0 heterocycles. The van der Waals surface area contributed by atoms with E-state index in [9.17, 15) is 16.8 Å². The maximum absolute atomic E-state index is 12.9. The van der Waals surface area contributed by atoms with Crippen LogP contribution in [0.1, 0.15) is 32.3 Å². The smallest absolute Gasteiger partial charge is 0.261 e. The van der Waals surface area contributed by atoms with Crippen LogP contribution in [0.5, 0.6) is 11.5 Å². The van der Waals surface area contributed by atoms with E-state index in [1.165, 1.54) is 37.4 Å². The standard InChI is InChI=1S/C24H28N2O6S2/c1-5-32-20-10-6-18(7-11-20)25-33(27,28)21-12-8-19(9-13-21)26-34(29,30)22-14-15-24(31-4)23(16-22)17(2)3/h6-17,25-26H,5H2,1-4H3. The van der Waals surface area contributed by atoms with Gasteiger partial charge in [-0.05, 0) is 85.1 Å². The molecular weight excluding hydrogens is 476 g/mol. The second kappa shape index (κ2) is 10.4. The molecule has 0 amide bonds. The fourth-order valence-corrected chi connectivity index (χ4v) is 5.40. The molecule has 0 unspecified atom stereocenters. The third-order valence-corrected chi connectivity index (χ3v) is 7.74. The summed E-state index contributed by atoms with van der Waals surface area (Å²) in [6, 6.07) is 16.7. The van der Waals surface area contributed by atoms with E-state index in [2.05, 4.69) is 9.44 Å². The van der Waals surface area contributed by atoms with Crippen LogP contribution in [0.25, 0.3) is 0 Å². The highest BCUT2D eigenvalue weighted by Gasteiger charge is 2.19. The number of nitrogens with one attached hydrogen (secondary N) is 2. The van der Waals surface area contributed by atoms with Crippen LogP contribution >= 0.6 is 0 Å². The largest absolute Gasteiger partial charge is 0.496 e. The van der Waals surface area contributed by atoms with Crippen LogP contribution in [0.2, 0.25) is 0 Å². The van der Waals surface area contributed by atoms with Gasteiger partial charge >= 0.3 is 0 Å². The van der Waals surface area contributed by atoms with Gasteiger partial charge in [0.05, 0.1) is 23.5 Å². The zero-order valence-corrected chi connectivity index (χ0v) is 21.0. The van der Waals surface area contributed by atoms with E-state index in [0.717, 1.165) is 5.56 Å². The molecule has 0 saturated heterocycles. The third kappa shape index (κ3) is 6.00. The monoisotopic (exact) mass is 504 g/mol. The first-order chi connectivity index (χ1) is 16.1. The minimum Gasteiger partial charge on any atom is -0.496 e. The summed E-state index contributed by atoms with van der Waals surface area (Å²) in [6.07, 6.45) is 0. The summed E-state index contributed by atoms with van der Waals surface area (Å²) in [5, 5.41) is 0. The molecule has 2 N–H and O–H groups in total. The highest BCUT2D eigenvalue weighted by atomic mass is 32.2. The average molecular weight is 505 g/mol. The topological polar surface area (TPSA) is 111 Å². The molecule has 0 saturated carbocycles. The summed E-state index contributed by atoms with van der Waals surface area (Å²) >= 11 is 0. The van der Waals surface area contributed by atoms with Crippen molar-refractivity contribution in [3.05, 3.63) is 72.3 Å². The first-order valence-corrected chi connectivity index (χ1v) is 13.6. The van der Waals surface area contributed by atoms with Gasteiger partial charge < -0.3 is 9.47 Å². The quantitative estimate of drug-likeness (QED) is 0.410. The number of ether oxygens (including phenoxy) is 2. The predicted octanol–water partition coefficient (Wildman–Crippen LogP) is 4.82. The summed E-state index contributed by atoms with van der Waals surface area (Å²) in [4.78, 5) is 0.0849. The van der Waals surface area contributed by atoms with E-state index in [0.29, 0.717) is 23.8 Å². The molecule has 0 aromatic heterocycles. The van der Waals surface area contributed by atoms with E-state index in [1.54, 1.807) is 36.4 Å². The first-order valence-electron chi connectivity index (χ1n) is 10.6. The lowest BCUT2D eigenvalue weighted by Crippen LogP contribution is -2.15. The van der Waals surface area contributed by atoms with E-state index in [-0.39, 0.29) is 21.4 Å². The van der Waals surface area contributed by atoms with Crippen LogP contribution in [0.15, 0.2) is 76.5 Å². The van der Waals surface area contributed by atoms with Crippen LogP contribution in [-0.4, -0.2) is 30.6 Å². The van der Waals surface area contributed by atoms with Crippen molar-refractivity contribution in [2.24, 2.45) is 0 Å². The first kappa shape index (κ1) is 25.4. The van der Waals surface area contributed by atoms with Gasteiger partial charge in [-0.3, -0.25) is 9.44 Å². The molecule has 8 nitrogen and oxygen atoms in total. The molecule has 3 rings (SSSR count). The van der Waals surface area contributed by atoms with Crippen LogP contribution in [0, 0.1) is 0 Å². The molecule has 10 heteroatoms. The van der Waals surface area contributed by atoms with Crippen molar-refractivity contribution < 1.29 is 26.3 Å². The zero-order valence-electron chi connectivity index (χ0n) is 19.4. The molecule has 182 valence electrons. The van der Waals surface area contributed by atoms with Crippen molar-refractivity contribution in [1.82, 2.24) is 0 Å². The molecule has 0 aliphatic heterocycles. The van der Waals surface area contributed by atoms with Crippen molar-refractivity contribution >= 4 is 31.4 Å². The molecule has 0 spiro atoms. The van der Waals surface area contributed by atoms with Gasteiger partial charge in [0, 0.05) is 11.4 Å². The summed E-state index contributed by atoms with van der Waals surface area (Å²) in [6.45, 7) is 6.27. The van der Waals surface area contributed by atoms with Crippen molar-refractivity contribution in [3.8, 4) is 11.5 Å². The summed E-state index contributed by atoms with van der Waals surface area (Å²) < 4.78 is 66.8. The molecule has 0 aliphatic rings. The average Bonchev–Trinajstić information content (AvgIpc) is 2.80. The van der Waals surface area contributed by atoms with Crippen molar-refractivity contribution in [1.29, 1.82) is 0 Å². The highest BCUT2D eigenvalue weighted by molar-refractivity contribution is 7.93. The minimum absolute atomic E-state index is 0.00382. The number of sulfonamides is 2. The van der Waals surface area contributed by atoms with E-state index >= 15 is 0 Å². The molecule has 3 aromatic rings. The number of hydrogen-bond donors (Lipinski definition) is 2. The van der Waals surface area contributed by atoms with Gasteiger partial charge in [0.25, 0.3) is 20.0 Å². The predicted molar refractivity (Wildman–Crippen MR) is 133 cm³/mol. The Balaban J connectivity index is 1.76. The van der Waals surface area contributed by atoms with E-state index in [4.69, 9.17) is 9.47 Å². The van der Waals surface area contributed by atoms with Crippen LogP contribution in [-0.2, 0) is 20.0 Å². The fraction of sp³-hybridized carbons (Fsp3) is 0.250. The van der Waals surface area contributed by atoms with Gasteiger partial charge in [-0.2, -0.15) is 0 Å². The van der Waals surface area contributed by atoms with Crippen LogP contribution in [0.3, 0.4) is 0 Å². The van der Waals surface area contributed by atoms with Gasteiger partial charge in [0.15, 0.2) is 0 Å². The Morgan fingerprint density at radius 2 is 1.26 bits per heavy atom.